The molecule has 10 heteroatoms. The molecule has 2 atom stereocenters. The van der Waals surface area contributed by atoms with Crippen LogP contribution >= 0.6 is 0 Å². The molecule has 2 saturated heterocycles. The zero-order chi connectivity index (χ0) is 24.5. The molecule has 2 aliphatic rings. The van der Waals surface area contributed by atoms with Crippen molar-refractivity contribution in [3.05, 3.63) is 70.8 Å². The summed E-state index contributed by atoms with van der Waals surface area (Å²) in [5.74, 6) is -0.929. The standard InChI is InChI=1S/C24H25F6N3O/c25-23(26,27)18-12-17(13-19(14-18)24(28,29)30)22(34)33-9-6-21(32-10-7-31-8-11-32)20(15-33)16-4-2-1-3-5-16/h1-5,12-14,20-21,31H,6-11,15H2/t20-,21-/m1/s1. The van der Waals surface area contributed by atoms with E-state index in [9.17, 15) is 31.1 Å². The third kappa shape index (κ3) is 5.38. The van der Waals surface area contributed by atoms with Crippen LogP contribution in [-0.2, 0) is 12.4 Å². The predicted octanol–water partition coefficient (Wildman–Crippen LogP) is 4.63. The smallest absolute Gasteiger partial charge is 0.338 e. The van der Waals surface area contributed by atoms with Crippen molar-refractivity contribution in [1.82, 2.24) is 15.1 Å². The van der Waals surface area contributed by atoms with E-state index in [1.165, 1.54) is 4.90 Å². The van der Waals surface area contributed by atoms with Crippen molar-refractivity contribution in [3.63, 3.8) is 0 Å². The van der Waals surface area contributed by atoms with E-state index in [-0.39, 0.29) is 31.1 Å². The van der Waals surface area contributed by atoms with Gasteiger partial charge in [-0.2, -0.15) is 26.3 Å². The van der Waals surface area contributed by atoms with Gasteiger partial charge in [0.15, 0.2) is 0 Å². The van der Waals surface area contributed by atoms with E-state index < -0.39 is 35.0 Å². The number of piperazine rings is 1. The molecular formula is C24H25F6N3O. The predicted molar refractivity (Wildman–Crippen MR) is 114 cm³/mol. The molecule has 0 saturated carbocycles. The lowest BCUT2D eigenvalue weighted by atomic mass is 9.84. The van der Waals surface area contributed by atoms with Crippen molar-refractivity contribution in [2.75, 3.05) is 39.3 Å². The molecule has 1 amide bonds. The molecule has 2 aromatic carbocycles. The Bertz CT molecular complexity index is 970. The van der Waals surface area contributed by atoms with Gasteiger partial charge in [-0.25, -0.2) is 0 Å². The molecule has 4 rings (SSSR count). The van der Waals surface area contributed by atoms with Crippen LogP contribution in [0.2, 0.25) is 0 Å². The Kier molecular flexibility index (Phi) is 6.91. The van der Waals surface area contributed by atoms with Gasteiger partial charge < -0.3 is 10.2 Å². The largest absolute Gasteiger partial charge is 0.416 e. The van der Waals surface area contributed by atoms with Crippen molar-refractivity contribution >= 4 is 5.91 Å². The first-order chi connectivity index (χ1) is 16.0. The highest BCUT2D eigenvalue weighted by Gasteiger charge is 2.40. The summed E-state index contributed by atoms with van der Waals surface area (Å²) in [6.07, 6.45) is -9.42. The molecule has 0 unspecified atom stereocenters. The second kappa shape index (κ2) is 9.58. The maximum Gasteiger partial charge on any atom is 0.416 e. The Morgan fingerprint density at radius 1 is 0.853 bits per heavy atom. The first-order valence-corrected chi connectivity index (χ1v) is 11.1. The topological polar surface area (TPSA) is 35.6 Å². The Labute approximate surface area is 193 Å². The molecule has 0 aliphatic carbocycles. The van der Waals surface area contributed by atoms with Crippen molar-refractivity contribution in [1.29, 1.82) is 0 Å². The summed E-state index contributed by atoms with van der Waals surface area (Å²) in [5.41, 5.74) is -2.58. The zero-order valence-electron chi connectivity index (χ0n) is 18.3. The first-order valence-electron chi connectivity index (χ1n) is 11.1. The van der Waals surface area contributed by atoms with Crippen LogP contribution in [0.4, 0.5) is 26.3 Å². The minimum Gasteiger partial charge on any atom is -0.338 e. The fraction of sp³-hybridized carbons (Fsp3) is 0.458. The van der Waals surface area contributed by atoms with Gasteiger partial charge in [-0.1, -0.05) is 30.3 Å². The van der Waals surface area contributed by atoms with Crippen LogP contribution in [0.1, 0.15) is 39.4 Å². The molecule has 1 N–H and O–H groups in total. The van der Waals surface area contributed by atoms with E-state index in [0.717, 1.165) is 31.7 Å². The number of benzene rings is 2. The number of rotatable bonds is 3. The molecule has 2 aliphatic heterocycles. The van der Waals surface area contributed by atoms with E-state index in [1.54, 1.807) is 0 Å². The Morgan fingerprint density at radius 3 is 2.00 bits per heavy atom. The zero-order valence-corrected chi connectivity index (χ0v) is 18.3. The fourth-order valence-electron chi connectivity index (χ4n) is 4.86. The van der Waals surface area contributed by atoms with Crippen LogP contribution in [0.3, 0.4) is 0 Å². The normalized spacial score (nSPS) is 22.6. The average molecular weight is 485 g/mol. The number of likely N-dealkylation sites (tertiary alicyclic amines) is 1. The number of hydrogen-bond acceptors (Lipinski definition) is 3. The van der Waals surface area contributed by atoms with E-state index in [1.807, 2.05) is 30.3 Å². The van der Waals surface area contributed by atoms with Crippen molar-refractivity contribution < 1.29 is 31.1 Å². The first kappa shape index (κ1) is 24.5. The molecule has 0 spiro atoms. The number of nitrogens with zero attached hydrogens (tertiary/aromatic N) is 2. The minimum absolute atomic E-state index is 0.0418. The molecule has 4 nitrogen and oxygen atoms in total. The van der Waals surface area contributed by atoms with Gasteiger partial charge in [0.1, 0.15) is 0 Å². The Morgan fingerprint density at radius 2 is 1.44 bits per heavy atom. The molecule has 184 valence electrons. The second-order valence-corrected chi connectivity index (χ2v) is 8.70. The van der Waals surface area contributed by atoms with Crippen LogP contribution < -0.4 is 5.32 Å². The molecule has 2 aromatic rings. The molecule has 0 aromatic heterocycles. The molecular weight excluding hydrogens is 460 g/mol. The summed E-state index contributed by atoms with van der Waals surface area (Å²) >= 11 is 0. The molecule has 2 fully saturated rings. The van der Waals surface area contributed by atoms with Crippen LogP contribution in [0.15, 0.2) is 48.5 Å². The average Bonchev–Trinajstić information content (AvgIpc) is 2.83. The highest BCUT2D eigenvalue weighted by atomic mass is 19.4. The van der Waals surface area contributed by atoms with Crippen molar-refractivity contribution in [2.45, 2.75) is 30.7 Å². The Balaban J connectivity index is 1.64. The van der Waals surface area contributed by atoms with Gasteiger partial charge in [0.2, 0.25) is 0 Å². The monoisotopic (exact) mass is 485 g/mol. The van der Waals surface area contributed by atoms with Crippen LogP contribution in [-0.4, -0.2) is 61.0 Å². The van der Waals surface area contributed by atoms with E-state index in [2.05, 4.69) is 10.2 Å². The van der Waals surface area contributed by atoms with E-state index in [0.29, 0.717) is 18.6 Å². The molecule has 2 heterocycles. The summed E-state index contributed by atoms with van der Waals surface area (Å²) in [6, 6.07) is 10.7. The van der Waals surface area contributed by atoms with Gasteiger partial charge in [-0.15, -0.1) is 0 Å². The number of halogens is 6. The molecule has 0 radical (unpaired) electrons. The van der Waals surface area contributed by atoms with Crippen molar-refractivity contribution in [3.8, 4) is 0 Å². The molecule has 0 bridgehead atoms. The lowest BCUT2D eigenvalue weighted by Gasteiger charge is -2.45. The summed E-state index contributed by atoms with van der Waals surface area (Å²) < 4.78 is 79.7. The van der Waals surface area contributed by atoms with Gasteiger partial charge in [0.05, 0.1) is 11.1 Å². The van der Waals surface area contributed by atoms with Crippen LogP contribution in [0, 0.1) is 0 Å². The third-order valence-corrected chi connectivity index (χ3v) is 6.55. The summed E-state index contributed by atoms with van der Waals surface area (Å²) in [6.45, 7) is 3.83. The summed E-state index contributed by atoms with van der Waals surface area (Å²) in [4.78, 5) is 16.9. The summed E-state index contributed by atoms with van der Waals surface area (Å²) in [5, 5.41) is 3.30. The Hall–Kier alpha value is -2.59. The summed E-state index contributed by atoms with van der Waals surface area (Å²) in [7, 11) is 0. The van der Waals surface area contributed by atoms with Gasteiger partial charge in [0, 0.05) is 56.8 Å². The van der Waals surface area contributed by atoms with Gasteiger partial charge >= 0.3 is 12.4 Å². The fourth-order valence-corrected chi connectivity index (χ4v) is 4.86. The number of carbonyl (C=O) groups excluding carboxylic acids is 1. The van der Waals surface area contributed by atoms with Gasteiger partial charge in [0.25, 0.3) is 5.91 Å². The van der Waals surface area contributed by atoms with E-state index >= 15 is 0 Å². The van der Waals surface area contributed by atoms with Crippen LogP contribution in [0.5, 0.6) is 0 Å². The van der Waals surface area contributed by atoms with Crippen LogP contribution in [0.25, 0.3) is 0 Å². The van der Waals surface area contributed by atoms with E-state index in [4.69, 9.17) is 0 Å². The minimum atomic E-state index is -5.00. The van der Waals surface area contributed by atoms with Crippen molar-refractivity contribution in [2.24, 2.45) is 0 Å². The second-order valence-electron chi connectivity index (χ2n) is 8.70. The highest BCUT2D eigenvalue weighted by Crippen LogP contribution is 2.37. The quantitative estimate of drug-likeness (QED) is 0.645. The number of piperidine rings is 1. The van der Waals surface area contributed by atoms with Gasteiger partial charge in [-0.05, 0) is 30.2 Å². The van der Waals surface area contributed by atoms with Gasteiger partial charge in [-0.3, -0.25) is 9.69 Å². The number of nitrogens with one attached hydrogen (secondary N) is 1. The maximum absolute atomic E-state index is 13.3. The molecule has 34 heavy (non-hydrogen) atoms. The number of alkyl halides is 6. The maximum atomic E-state index is 13.3. The third-order valence-electron chi connectivity index (χ3n) is 6.55. The number of carbonyl (C=O) groups is 1. The highest BCUT2D eigenvalue weighted by molar-refractivity contribution is 5.95. The lowest BCUT2D eigenvalue weighted by molar-refractivity contribution is -0.143. The SMILES string of the molecule is O=C(c1cc(C(F)(F)F)cc(C(F)(F)F)c1)N1CC[C@@H](N2CCNCC2)[C@@H](c2ccccc2)C1. The lowest BCUT2D eigenvalue weighted by Crippen LogP contribution is -2.55. The number of amides is 1. The number of hydrogen-bond donors (Lipinski definition) is 1.